The van der Waals surface area contributed by atoms with Gasteiger partial charge in [-0.3, -0.25) is 4.79 Å². The smallest absolute Gasteiger partial charge is 0.352 e. The van der Waals surface area contributed by atoms with Crippen molar-refractivity contribution in [2.45, 2.75) is 6.92 Å². The minimum Gasteiger partial charge on any atom is -0.477 e. The van der Waals surface area contributed by atoms with Crippen LogP contribution in [0.25, 0.3) is 6.08 Å². The molecule has 0 atom stereocenters. The van der Waals surface area contributed by atoms with Gasteiger partial charge in [0, 0.05) is 6.92 Å². The standard InChI is InChI=1S/C11H10FNO3/c1-7(14)13-10(11(15)16)6-8-2-4-9(12)5-3-8/h2-6H,1H3,(H,13,14)(H,15,16)/b10-6-. The molecule has 0 aliphatic carbocycles. The maximum atomic E-state index is 12.6. The second-order valence-electron chi connectivity index (χ2n) is 3.10. The van der Waals surface area contributed by atoms with E-state index < -0.39 is 17.7 Å². The molecule has 1 aromatic carbocycles. The topological polar surface area (TPSA) is 66.4 Å². The Labute approximate surface area is 91.4 Å². The van der Waals surface area contributed by atoms with Gasteiger partial charge in [-0.1, -0.05) is 12.1 Å². The van der Waals surface area contributed by atoms with Crippen LogP contribution in [0.5, 0.6) is 0 Å². The SMILES string of the molecule is CC(=O)N/C(=C\c1ccc(F)cc1)C(=O)O. The Morgan fingerprint density at radius 2 is 1.88 bits per heavy atom. The Morgan fingerprint density at radius 1 is 1.31 bits per heavy atom. The Bertz CT molecular complexity index is 437. The first-order valence-electron chi connectivity index (χ1n) is 4.47. The summed E-state index contributed by atoms with van der Waals surface area (Å²) >= 11 is 0. The third-order valence-corrected chi connectivity index (χ3v) is 1.72. The average Bonchev–Trinajstić information content (AvgIpc) is 2.19. The number of carbonyl (C=O) groups is 2. The molecule has 84 valence electrons. The summed E-state index contributed by atoms with van der Waals surface area (Å²) in [5, 5.41) is 11.0. The van der Waals surface area contributed by atoms with Crippen LogP contribution in [-0.2, 0) is 9.59 Å². The number of carboxylic acid groups (broad SMARTS) is 1. The number of hydrogen-bond donors (Lipinski definition) is 2. The molecule has 0 aliphatic heterocycles. The van der Waals surface area contributed by atoms with Crippen LogP contribution in [0.2, 0.25) is 0 Å². The summed E-state index contributed by atoms with van der Waals surface area (Å²) < 4.78 is 12.6. The fourth-order valence-corrected chi connectivity index (χ4v) is 1.07. The highest BCUT2D eigenvalue weighted by Crippen LogP contribution is 2.07. The van der Waals surface area contributed by atoms with E-state index in [4.69, 9.17) is 5.11 Å². The summed E-state index contributed by atoms with van der Waals surface area (Å²) in [6.07, 6.45) is 1.25. The van der Waals surface area contributed by atoms with Gasteiger partial charge in [-0.15, -0.1) is 0 Å². The lowest BCUT2D eigenvalue weighted by Crippen LogP contribution is -2.24. The molecule has 0 fully saturated rings. The number of halogens is 1. The van der Waals surface area contributed by atoms with E-state index in [2.05, 4.69) is 5.32 Å². The molecule has 16 heavy (non-hydrogen) atoms. The predicted octanol–water partition coefficient (Wildman–Crippen LogP) is 1.39. The van der Waals surface area contributed by atoms with E-state index in [1.54, 1.807) is 0 Å². The van der Waals surface area contributed by atoms with Gasteiger partial charge < -0.3 is 10.4 Å². The summed E-state index contributed by atoms with van der Waals surface area (Å²) in [7, 11) is 0. The zero-order chi connectivity index (χ0) is 12.1. The van der Waals surface area contributed by atoms with Gasteiger partial charge in [-0.05, 0) is 23.8 Å². The van der Waals surface area contributed by atoms with Crippen LogP contribution in [0.3, 0.4) is 0 Å². The van der Waals surface area contributed by atoms with E-state index in [1.807, 2.05) is 0 Å². The van der Waals surface area contributed by atoms with Crippen molar-refractivity contribution in [3.05, 3.63) is 41.3 Å². The molecular weight excluding hydrogens is 213 g/mol. The number of aliphatic carboxylic acids is 1. The van der Waals surface area contributed by atoms with Crippen LogP contribution in [0.1, 0.15) is 12.5 Å². The van der Waals surface area contributed by atoms with Gasteiger partial charge in [-0.2, -0.15) is 0 Å². The van der Waals surface area contributed by atoms with E-state index in [1.165, 1.54) is 37.3 Å². The summed E-state index contributed by atoms with van der Waals surface area (Å²) in [5.74, 6) is -2.14. The highest BCUT2D eigenvalue weighted by atomic mass is 19.1. The van der Waals surface area contributed by atoms with E-state index in [-0.39, 0.29) is 5.70 Å². The molecule has 0 heterocycles. The van der Waals surface area contributed by atoms with E-state index in [0.717, 1.165) is 0 Å². The monoisotopic (exact) mass is 223 g/mol. The van der Waals surface area contributed by atoms with Crippen LogP contribution in [0, 0.1) is 5.82 Å². The molecule has 0 bridgehead atoms. The van der Waals surface area contributed by atoms with Gasteiger partial charge in [0.25, 0.3) is 0 Å². The molecule has 0 aliphatic rings. The normalized spacial score (nSPS) is 11.0. The molecule has 4 nitrogen and oxygen atoms in total. The van der Waals surface area contributed by atoms with Crippen LogP contribution in [-0.4, -0.2) is 17.0 Å². The molecule has 1 amide bonds. The largest absolute Gasteiger partial charge is 0.477 e. The summed E-state index contributed by atoms with van der Waals surface area (Å²) in [6.45, 7) is 1.21. The zero-order valence-corrected chi connectivity index (χ0v) is 8.53. The van der Waals surface area contributed by atoms with Crippen molar-refractivity contribution in [3.8, 4) is 0 Å². The molecule has 0 saturated carbocycles. The quantitative estimate of drug-likeness (QED) is 0.761. The Kier molecular flexibility index (Phi) is 3.77. The fourth-order valence-electron chi connectivity index (χ4n) is 1.07. The average molecular weight is 223 g/mol. The van der Waals surface area contributed by atoms with Crippen LogP contribution >= 0.6 is 0 Å². The number of amides is 1. The zero-order valence-electron chi connectivity index (χ0n) is 8.53. The third-order valence-electron chi connectivity index (χ3n) is 1.72. The van der Waals surface area contributed by atoms with Gasteiger partial charge in [0.1, 0.15) is 11.5 Å². The minimum atomic E-state index is -1.25. The minimum absolute atomic E-state index is 0.251. The Hall–Kier alpha value is -2.17. The van der Waals surface area contributed by atoms with Gasteiger partial charge in [0.2, 0.25) is 5.91 Å². The second-order valence-corrected chi connectivity index (χ2v) is 3.10. The van der Waals surface area contributed by atoms with Crippen molar-refractivity contribution in [1.29, 1.82) is 0 Å². The molecule has 2 N–H and O–H groups in total. The third kappa shape index (κ3) is 3.53. The first-order valence-corrected chi connectivity index (χ1v) is 4.47. The molecule has 5 heteroatoms. The second kappa shape index (κ2) is 5.06. The van der Waals surface area contributed by atoms with Crippen LogP contribution < -0.4 is 5.32 Å². The lowest BCUT2D eigenvalue weighted by molar-refractivity contribution is -0.134. The maximum absolute atomic E-state index is 12.6. The van der Waals surface area contributed by atoms with E-state index in [9.17, 15) is 14.0 Å². The van der Waals surface area contributed by atoms with Crippen molar-refractivity contribution >= 4 is 18.0 Å². The Morgan fingerprint density at radius 3 is 2.31 bits per heavy atom. The van der Waals surface area contributed by atoms with Gasteiger partial charge in [-0.25, -0.2) is 9.18 Å². The van der Waals surface area contributed by atoms with E-state index in [0.29, 0.717) is 5.56 Å². The van der Waals surface area contributed by atoms with Crippen LogP contribution in [0.15, 0.2) is 30.0 Å². The maximum Gasteiger partial charge on any atom is 0.352 e. The molecule has 0 radical (unpaired) electrons. The number of benzene rings is 1. The summed E-state index contributed by atoms with van der Waals surface area (Å²) in [5.41, 5.74) is 0.242. The summed E-state index contributed by atoms with van der Waals surface area (Å²) in [4.78, 5) is 21.5. The van der Waals surface area contributed by atoms with Crippen molar-refractivity contribution in [1.82, 2.24) is 5.32 Å². The lowest BCUT2D eigenvalue weighted by atomic mass is 10.2. The number of carbonyl (C=O) groups excluding carboxylic acids is 1. The highest BCUT2D eigenvalue weighted by Gasteiger charge is 2.08. The molecule has 1 rings (SSSR count). The number of hydrogen-bond acceptors (Lipinski definition) is 2. The van der Waals surface area contributed by atoms with Crippen LogP contribution in [0.4, 0.5) is 4.39 Å². The first-order chi connectivity index (χ1) is 7.49. The molecule has 0 aromatic heterocycles. The molecular formula is C11H10FNO3. The van der Waals surface area contributed by atoms with Crippen molar-refractivity contribution < 1.29 is 19.1 Å². The molecule has 0 saturated heterocycles. The van der Waals surface area contributed by atoms with Gasteiger partial charge >= 0.3 is 5.97 Å². The predicted molar refractivity (Wildman–Crippen MR) is 55.8 cm³/mol. The first kappa shape index (κ1) is 11.9. The fraction of sp³-hybridized carbons (Fsp3) is 0.0909. The molecule has 0 unspecified atom stereocenters. The summed E-state index contributed by atoms with van der Waals surface area (Å²) in [6, 6.07) is 5.25. The van der Waals surface area contributed by atoms with E-state index >= 15 is 0 Å². The van der Waals surface area contributed by atoms with Crippen molar-refractivity contribution in [2.75, 3.05) is 0 Å². The lowest BCUT2D eigenvalue weighted by Gasteiger charge is -2.02. The molecule has 1 aromatic rings. The van der Waals surface area contributed by atoms with Gasteiger partial charge in [0.15, 0.2) is 0 Å². The van der Waals surface area contributed by atoms with Crippen molar-refractivity contribution in [3.63, 3.8) is 0 Å². The Balaban J connectivity index is 2.97. The van der Waals surface area contributed by atoms with Crippen molar-refractivity contribution in [2.24, 2.45) is 0 Å². The number of carboxylic acids is 1. The van der Waals surface area contributed by atoms with Gasteiger partial charge in [0.05, 0.1) is 0 Å². The number of rotatable bonds is 3. The molecule has 0 spiro atoms. The number of nitrogens with one attached hydrogen (secondary N) is 1. The highest BCUT2D eigenvalue weighted by molar-refractivity contribution is 5.96.